The molecule has 0 spiro atoms. The van der Waals surface area contributed by atoms with Gasteiger partial charge in [-0.25, -0.2) is 4.79 Å². The number of carboxylic acid groups (broad SMARTS) is 1. The number of unbranched alkanes of at least 4 members (excludes halogenated alkanes) is 2. The third-order valence-electron chi connectivity index (χ3n) is 4.85. The molecule has 1 aliphatic rings. The lowest BCUT2D eigenvalue weighted by Gasteiger charge is -2.31. The minimum Gasteiger partial charge on any atom is -0.479 e. The molecule has 1 saturated heterocycles. The van der Waals surface area contributed by atoms with Gasteiger partial charge >= 0.3 is 5.97 Å². The number of nitrogens with one attached hydrogen (secondary N) is 1. The lowest BCUT2D eigenvalue weighted by atomic mass is 9.97. The summed E-state index contributed by atoms with van der Waals surface area (Å²) in [6, 6.07) is -0.711. The molecule has 156 valence electrons. The lowest BCUT2D eigenvalue weighted by Crippen LogP contribution is -2.53. The Kier molecular flexibility index (Phi) is 10.3. The van der Waals surface area contributed by atoms with E-state index in [0.29, 0.717) is 32.6 Å². The van der Waals surface area contributed by atoms with Crippen LogP contribution in [0, 0.1) is 5.92 Å². The van der Waals surface area contributed by atoms with Crippen LogP contribution in [0.1, 0.15) is 46.0 Å². The Bertz CT molecular complexity index is 492. The molecule has 27 heavy (non-hydrogen) atoms. The first-order valence-corrected chi connectivity index (χ1v) is 9.74. The first-order valence-electron chi connectivity index (χ1n) is 9.74. The Morgan fingerprint density at radius 2 is 1.63 bits per heavy atom. The van der Waals surface area contributed by atoms with Gasteiger partial charge < -0.3 is 31.5 Å². The van der Waals surface area contributed by atoms with Crippen molar-refractivity contribution in [2.75, 3.05) is 26.2 Å². The van der Waals surface area contributed by atoms with Gasteiger partial charge in [-0.1, -0.05) is 20.3 Å². The largest absolute Gasteiger partial charge is 0.479 e. The van der Waals surface area contributed by atoms with Crippen molar-refractivity contribution < 1.29 is 24.2 Å². The van der Waals surface area contributed by atoms with Crippen molar-refractivity contribution in [2.45, 2.75) is 64.2 Å². The van der Waals surface area contributed by atoms with Gasteiger partial charge in [-0.3, -0.25) is 9.59 Å². The molecule has 6 N–H and O–H groups in total. The summed E-state index contributed by atoms with van der Waals surface area (Å²) in [6.45, 7) is 6.10. The quantitative estimate of drug-likeness (QED) is 0.236. The number of epoxide rings is 1. The highest BCUT2D eigenvalue weighted by Gasteiger charge is 2.51. The summed E-state index contributed by atoms with van der Waals surface area (Å²) in [7, 11) is 0. The molecule has 0 aromatic rings. The number of rotatable bonds is 14. The Morgan fingerprint density at radius 1 is 1.07 bits per heavy atom. The van der Waals surface area contributed by atoms with Gasteiger partial charge in [0.2, 0.25) is 5.91 Å². The lowest BCUT2D eigenvalue weighted by molar-refractivity contribution is -0.138. The first kappa shape index (κ1) is 23.3. The fourth-order valence-electron chi connectivity index (χ4n) is 2.84. The van der Waals surface area contributed by atoms with Crippen LogP contribution in [0.25, 0.3) is 0 Å². The Morgan fingerprint density at radius 3 is 2.04 bits per heavy atom. The van der Waals surface area contributed by atoms with Crippen molar-refractivity contribution in [3.8, 4) is 0 Å². The van der Waals surface area contributed by atoms with Crippen molar-refractivity contribution >= 4 is 17.8 Å². The number of carbonyl (C=O) groups excluding carboxylic acids is 2. The number of nitrogens with two attached hydrogens (primary N) is 2. The third kappa shape index (κ3) is 7.43. The van der Waals surface area contributed by atoms with Crippen molar-refractivity contribution in [3.63, 3.8) is 0 Å². The number of hydrogen-bond acceptors (Lipinski definition) is 6. The molecule has 2 amide bonds. The predicted octanol–water partition coefficient (Wildman–Crippen LogP) is -0.324. The van der Waals surface area contributed by atoms with Crippen LogP contribution >= 0.6 is 0 Å². The number of carboxylic acids is 1. The number of ether oxygens (including phenoxy) is 1. The maximum atomic E-state index is 13.1. The van der Waals surface area contributed by atoms with Crippen LogP contribution in [0.3, 0.4) is 0 Å². The van der Waals surface area contributed by atoms with Crippen molar-refractivity contribution in [3.05, 3.63) is 0 Å². The molecule has 0 saturated carbocycles. The fourth-order valence-corrected chi connectivity index (χ4v) is 2.84. The molecule has 4 unspecified atom stereocenters. The van der Waals surface area contributed by atoms with E-state index in [2.05, 4.69) is 5.32 Å². The van der Waals surface area contributed by atoms with Crippen LogP contribution in [-0.2, 0) is 19.1 Å². The molecule has 0 bridgehead atoms. The molecule has 0 aliphatic carbocycles. The molecule has 9 nitrogen and oxygen atoms in total. The molecule has 1 rings (SSSR count). The average molecular weight is 386 g/mol. The van der Waals surface area contributed by atoms with Crippen LogP contribution in [0.15, 0.2) is 0 Å². The standard InChI is InChI=1S/C18H34N4O5/c1-3-12(2)13(21-16(23)14-15(27-14)18(25)26)17(24)22(10-6-4-8-19)11-7-5-9-20/h12-15H,3-11,19-20H2,1-2H3,(H,21,23)(H,25,26). The van der Waals surface area contributed by atoms with E-state index in [1.807, 2.05) is 13.8 Å². The van der Waals surface area contributed by atoms with E-state index >= 15 is 0 Å². The van der Waals surface area contributed by atoms with E-state index in [4.69, 9.17) is 21.3 Å². The van der Waals surface area contributed by atoms with Gasteiger partial charge in [-0.2, -0.15) is 0 Å². The molecule has 4 atom stereocenters. The van der Waals surface area contributed by atoms with Crippen LogP contribution in [0.4, 0.5) is 0 Å². The van der Waals surface area contributed by atoms with Gasteiger partial charge in [-0.15, -0.1) is 0 Å². The highest BCUT2D eigenvalue weighted by molar-refractivity contribution is 5.95. The van der Waals surface area contributed by atoms with E-state index in [9.17, 15) is 14.4 Å². The van der Waals surface area contributed by atoms with Gasteiger partial charge in [0.1, 0.15) is 6.04 Å². The molecule has 9 heteroatoms. The molecule has 1 aliphatic heterocycles. The molecule has 1 heterocycles. The number of amides is 2. The van der Waals surface area contributed by atoms with Crippen molar-refractivity contribution in [1.29, 1.82) is 0 Å². The molecular weight excluding hydrogens is 352 g/mol. The fraction of sp³-hybridized carbons (Fsp3) is 0.833. The second kappa shape index (κ2) is 11.9. The minimum absolute atomic E-state index is 0.0880. The van der Waals surface area contributed by atoms with Crippen molar-refractivity contribution in [1.82, 2.24) is 10.2 Å². The van der Waals surface area contributed by atoms with Crippen molar-refractivity contribution in [2.24, 2.45) is 17.4 Å². The van der Waals surface area contributed by atoms with Gasteiger partial charge in [-0.05, 0) is 44.7 Å². The van der Waals surface area contributed by atoms with E-state index in [-0.39, 0.29) is 11.8 Å². The van der Waals surface area contributed by atoms with Crippen LogP contribution in [0.2, 0.25) is 0 Å². The summed E-state index contributed by atoms with van der Waals surface area (Å²) in [5, 5.41) is 11.6. The van der Waals surface area contributed by atoms with E-state index < -0.39 is 30.1 Å². The summed E-state index contributed by atoms with van der Waals surface area (Å²) in [6.07, 6.45) is 1.77. The van der Waals surface area contributed by atoms with E-state index in [1.54, 1.807) is 4.90 Å². The molecular formula is C18H34N4O5. The maximum Gasteiger partial charge on any atom is 0.336 e. The monoisotopic (exact) mass is 386 g/mol. The summed E-state index contributed by atoms with van der Waals surface area (Å²) in [5.41, 5.74) is 11.1. The number of carbonyl (C=O) groups is 3. The van der Waals surface area contributed by atoms with Crippen LogP contribution < -0.4 is 16.8 Å². The Balaban J connectivity index is 2.78. The zero-order valence-corrected chi connectivity index (χ0v) is 16.4. The second-order valence-electron chi connectivity index (χ2n) is 7.00. The minimum atomic E-state index is -1.17. The number of nitrogens with zero attached hydrogens (tertiary/aromatic N) is 1. The zero-order valence-electron chi connectivity index (χ0n) is 16.4. The average Bonchev–Trinajstić information content (AvgIpc) is 3.45. The number of aliphatic carboxylic acids is 1. The Labute approximate surface area is 160 Å². The molecule has 0 radical (unpaired) electrons. The number of hydrogen-bond donors (Lipinski definition) is 4. The summed E-state index contributed by atoms with van der Waals surface area (Å²) in [5.74, 6) is -1.97. The van der Waals surface area contributed by atoms with E-state index in [0.717, 1.165) is 25.7 Å². The summed E-state index contributed by atoms with van der Waals surface area (Å²) >= 11 is 0. The summed E-state index contributed by atoms with van der Waals surface area (Å²) < 4.78 is 4.89. The maximum absolute atomic E-state index is 13.1. The van der Waals surface area contributed by atoms with Gasteiger partial charge in [0, 0.05) is 13.1 Å². The third-order valence-corrected chi connectivity index (χ3v) is 4.85. The van der Waals surface area contributed by atoms with Crippen LogP contribution in [-0.4, -0.2) is 72.2 Å². The predicted molar refractivity (Wildman–Crippen MR) is 101 cm³/mol. The zero-order chi connectivity index (χ0) is 20.4. The normalized spacial score (nSPS) is 20.6. The molecule has 1 fully saturated rings. The summed E-state index contributed by atoms with van der Waals surface area (Å²) in [4.78, 5) is 38.1. The van der Waals surface area contributed by atoms with E-state index in [1.165, 1.54) is 0 Å². The Hall–Kier alpha value is -1.71. The molecule has 0 aromatic carbocycles. The first-order chi connectivity index (χ1) is 12.9. The van der Waals surface area contributed by atoms with Gasteiger partial charge in [0.15, 0.2) is 12.2 Å². The van der Waals surface area contributed by atoms with Gasteiger partial charge in [0.05, 0.1) is 0 Å². The molecule has 0 aromatic heterocycles. The van der Waals surface area contributed by atoms with Crippen LogP contribution in [0.5, 0.6) is 0 Å². The SMILES string of the molecule is CCC(C)C(NC(=O)C1OC1C(=O)O)C(=O)N(CCCCN)CCCCN. The van der Waals surface area contributed by atoms with Gasteiger partial charge in [0.25, 0.3) is 5.91 Å². The topological polar surface area (TPSA) is 151 Å². The second-order valence-corrected chi connectivity index (χ2v) is 7.00. The smallest absolute Gasteiger partial charge is 0.336 e. The highest BCUT2D eigenvalue weighted by atomic mass is 16.6. The highest BCUT2D eigenvalue weighted by Crippen LogP contribution is 2.23.